The van der Waals surface area contributed by atoms with Gasteiger partial charge in [-0.1, -0.05) is 41.5 Å². The molecule has 0 radical (unpaired) electrons. The lowest BCUT2D eigenvalue weighted by Crippen LogP contribution is -2.38. The molecule has 1 unspecified atom stereocenters. The molecule has 0 spiro atoms. The molecule has 6 aromatic heterocycles. The summed E-state index contributed by atoms with van der Waals surface area (Å²) in [7, 11) is -9.26. The van der Waals surface area contributed by atoms with Gasteiger partial charge in [0.25, 0.3) is 0 Å². The molecule has 0 saturated carbocycles. The number of methoxy groups -OCH3 is 1. The molecule has 0 bridgehead atoms. The summed E-state index contributed by atoms with van der Waals surface area (Å²) in [4.78, 5) is 60.5. The van der Waals surface area contributed by atoms with E-state index in [1.807, 2.05) is 35.1 Å². The SMILES string of the molecule is CC(C)(C)CNc1ncnc2ccc3c(c12)CCS3(=O)=O.CC(C)CN(C)c1ncnc2ccc3c(c12)CCS3(=O)=O.CCC(C)(C)Nc1ncnc2ccc3c(c12)CCS3(=O)=O.CN(C)CCNc1ncnc2ccc3c(c12)CCS3(=O)=O.CN(c1ncnc2ccc3c(c12)CCS3(=O)=O)C(C)(C)C.COCC(C)Nc1ncnc2ccc3c(c12)CCS3(=O)=O. The first-order valence-electron chi connectivity index (χ1n) is 41.8. The van der Waals surface area contributed by atoms with Gasteiger partial charge in [0, 0.05) is 96.8 Å². The van der Waals surface area contributed by atoms with Crippen molar-refractivity contribution in [2.24, 2.45) is 11.3 Å². The first-order chi connectivity index (χ1) is 59.2. The van der Waals surface area contributed by atoms with Crippen LogP contribution in [-0.4, -0.2) is 235 Å². The third kappa shape index (κ3) is 20.0. The molecule has 672 valence electrons. The molecule has 12 aromatic rings. The van der Waals surface area contributed by atoms with Crippen molar-refractivity contribution < 1.29 is 55.2 Å². The highest BCUT2D eigenvalue weighted by molar-refractivity contribution is 7.93. The molecule has 18 rings (SSSR count). The molecule has 0 saturated heterocycles. The van der Waals surface area contributed by atoms with Crippen molar-refractivity contribution in [2.75, 3.05) is 134 Å². The molecule has 0 fully saturated rings. The number of rotatable bonds is 17. The number of nitrogens with zero attached hydrogens (tertiary/aromatic N) is 15. The summed E-state index contributed by atoms with van der Waals surface area (Å²) < 4.78 is 150. The molecular weight excluding hydrogens is 1720 g/mol. The van der Waals surface area contributed by atoms with Crippen LogP contribution in [-0.2, 0) is 102 Å². The molecule has 6 aliphatic rings. The van der Waals surface area contributed by atoms with Crippen LogP contribution in [0.1, 0.15) is 123 Å². The van der Waals surface area contributed by atoms with Crippen LogP contribution in [0.2, 0.25) is 0 Å². The van der Waals surface area contributed by atoms with Crippen LogP contribution in [0.4, 0.5) is 34.9 Å². The van der Waals surface area contributed by atoms with Crippen molar-refractivity contribution in [2.45, 2.75) is 175 Å². The van der Waals surface area contributed by atoms with Crippen molar-refractivity contribution in [1.82, 2.24) is 64.7 Å². The average molecular weight is 1840 g/mol. The first-order valence-corrected chi connectivity index (χ1v) is 51.7. The van der Waals surface area contributed by atoms with Crippen LogP contribution in [0.5, 0.6) is 0 Å². The molecule has 4 N–H and O–H groups in total. The number of ether oxygens (including phenoxy) is 1. The van der Waals surface area contributed by atoms with E-state index in [-0.39, 0.29) is 57.1 Å². The number of sulfone groups is 6. The van der Waals surface area contributed by atoms with Gasteiger partial charge in [-0.25, -0.2) is 110 Å². The van der Waals surface area contributed by atoms with Crippen molar-refractivity contribution in [3.63, 3.8) is 0 Å². The zero-order valence-electron chi connectivity index (χ0n) is 74.2. The lowest BCUT2D eigenvalue weighted by molar-refractivity contribution is 0.190. The molecule has 12 heterocycles. The van der Waals surface area contributed by atoms with Gasteiger partial charge in [-0.15, -0.1) is 0 Å². The maximum atomic E-state index is 12.1. The Balaban J connectivity index is 0.000000130. The number of likely N-dealkylation sites (N-methyl/N-ethyl adjacent to an activating group) is 1. The second-order valence-electron chi connectivity index (χ2n) is 35.8. The highest BCUT2D eigenvalue weighted by Gasteiger charge is 2.37. The van der Waals surface area contributed by atoms with Crippen LogP contribution in [0.3, 0.4) is 0 Å². The minimum absolute atomic E-state index is 0.0713. The number of hydrogen-bond acceptors (Lipinski definition) is 32. The van der Waals surface area contributed by atoms with Crippen LogP contribution in [0.15, 0.2) is 140 Å². The van der Waals surface area contributed by atoms with Gasteiger partial charge < -0.3 is 40.7 Å². The van der Waals surface area contributed by atoms with Gasteiger partial charge in [0.05, 0.1) is 104 Å². The Morgan fingerprint density at radius 1 is 0.389 bits per heavy atom. The maximum Gasteiger partial charge on any atom is 0.179 e. The van der Waals surface area contributed by atoms with E-state index in [1.165, 1.54) is 31.6 Å². The van der Waals surface area contributed by atoms with E-state index in [1.54, 1.807) is 86.2 Å². The second kappa shape index (κ2) is 36.5. The van der Waals surface area contributed by atoms with Gasteiger partial charge in [0.15, 0.2) is 59.0 Å². The molecule has 1 atom stereocenters. The first kappa shape index (κ1) is 93.4. The van der Waals surface area contributed by atoms with Gasteiger partial charge in [-0.2, -0.15) is 0 Å². The third-order valence-corrected chi connectivity index (χ3v) is 33.8. The molecular formula is C88H111N19O13S6. The minimum Gasteiger partial charge on any atom is -0.383 e. The Labute approximate surface area is 737 Å². The molecule has 0 aliphatic carbocycles. The molecule has 0 amide bonds. The van der Waals surface area contributed by atoms with E-state index in [9.17, 15) is 50.5 Å². The lowest BCUT2D eigenvalue weighted by atomic mass is 9.97. The Kier molecular flexibility index (Phi) is 27.1. The quantitative estimate of drug-likeness (QED) is 0.0658. The predicted octanol–water partition coefficient (Wildman–Crippen LogP) is 11.6. The van der Waals surface area contributed by atoms with E-state index >= 15 is 0 Å². The number of aryl methyl sites for hydroxylation is 6. The highest BCUT2D eigenvalue weighted by Crippen LogP contribution is 2.43. The standard InChI is InChI=1S/4C15H19N3O2S.C14H18N4O2S.C14H17N3O3S/c1-15(2,3)18(4)14-13-10-7-8-21(19,20)12(10)6-5-11(13)16-9-17-14;1-15(2,3)8-16-14-13-10-6-7-21(19,20)12(10)5-4-11(13)17-9-18-14;1-10(2)8-18(3)15-14-11-6-7-21(19,20)13(11)5-4-12(14)16-9-17-15;1-4-15(2,3)18-14-13-10-7-8-21(19,20)12(10)6-5-11(13)16-9-17-14;1-18(2)7-6-15-14-13-10-5-8-21(19,20)12(10)4-3-11(13)16-9-17-14;1-9(7-20-2)17-14-13-10-5-6-21(18,19)12(10)4-3-11(13)15-8-16-14/h5-6,9H,7-8H2,1-4H3;4-5,9H,6-8H2,1-3H3,(H,16,17,18);4-5,9-10H,6-8H2,1-3H3;5-6,9H,4,7-8H2,1-3H3,(H,16,17,18);3-4,9H,5-8H2,1-2H3,(H,15,16,17);3-4,8-9H,5-7H2,1-2H3,(H,15,16,17). The van der Waals surface area contributed by atoms with Crippen LogP contribution < -0.4 is 31.1 Å². The Morgan fingerprint density at radius 2 is 0.690 bits per heavy atom. The molecule has 6 aromatic carbocycles. The summed E-state index contributed by atoms with van der Waals surface area (Å²) in [5.41, 5.74) is 9.72. The topological polar surface area (TPSA) is 427 Å². The summed E-state index contributed by atoms with van der Waals surface area (Å²) in [6, 6.07) is 20.7. The summed E-state index contributed by atoms with van der Waals surface area (Å²) in [5, 5.41) is 18.4. The number of benzene rings is 6. The van der Waals surface area contributed by atoms with E-state index in [4.69, 9.17) is 4.74 Å². The maximum absolute atomic E-state index is 12.1. The fourth-order valence-electron chi connectivity index (χ4n) is 16.1. The van der Waals surface area contributed by atoms with Crippen molar-refractivity contribution >= 4 is 159 Å². The van der Waals surface area contributed by atoms with Gasteiger partial charge in [0.1, 0.15) is 72.9 Å². The lowest BCUT2D eigenvalue weighted by Gasteiger charge is -2.33. The normalized spacial score (nSPS) is 16.8. The Morgan fingerprint density at radius 3 is 1.02 bits per heavy atom. The molecule has 38 heteroatoms. The van der Waals surface area contributed by atoms with Gasteiger partial charge in [0.2, 0.25) is 0 Å². The third-order valence-electron chi connectivity index (χ3n) is 23.0. The van der Waals surface area contributed by atoms with Gasteiger partial charge in [-0.05, 0) is 218 Å². The minimum atomic E-state index is -3.16. The second-order valence-corrected chi connectivity index (χ2v) is 48.3. The largest absolute Gasteiger partial charge is 0.383 e. The summed E-state index contributed by atoms with van der Waals surface area (Å²) in [5.74, 6) is 5.99. The van der Waals surface area contributed by atoms with E-state index in [0.717, 1.165) is 160 Å². The average Bonchev–Trinajstić information content (AvgIpc) is 1.59. The molecule has 32 nitrogen and oxygen atoms in total. The zero-order valence-corrected chi connectivity index (χ0v) is 79.1. The Bertz CT molecular complexity index is 6960. The number of fused-ring (bicyclic) bond motifs is 18. The molecule has 126 heavy (non-hydrogen) atoms. The summed E-state index contributed by atoms with van der Waals surface area (Å²) >= 11 is 0. The van der Waals surface area contributed by atoms with E-state index in [2.05, 4.69) is 172 Å². The fourth-order valence-corrected chi connectivity index (χ4v) is 25.4. The summed E-state index contributed by atoms with van der Waals surface area (Å²) in [6.07, 6.45) is 13.2. The van der Waals surface area contributed by atoms with Crippen molar-refractivity contribution in [1.29, 1.82) is 0 Å². The molecule has 6 aliphatic heterocycles. The van der Waals surface area contributed by atoms with Crippen LogP contribution in [0, 0.1) is 11.3 Å². The monoisotopic (exact) mass is 1830 g/mol. The smallest absolute Gasteiger partial charge is 0.179 e. The summed E-state index contributed by atoms with van der Waals surface area (Å²) in [6.45, 7) is 29.1. The highest BCUT2D eigenvalue weighted by atomic mass is 32.2. The van der Waals surface area contributed by atoms with E-state index < -0.39 is 59.0 Å². The van der Waals surface area contributed by atoms with Crippen molar-refractivity contribution in [3.05, 3.63) is 144 Å². The zero-order chi connectivity index (χ0) is 91.2. The number of anilines is 6. The predicted molar refractivity (Wildman–Crippen MR) is 496 cm³/mol. The van der Waals surface area contributed by atoms with Gasteiger partial charge in [-0.3, -0.25) is 0 Å². The van der Waals surface area contributed by atoms with Crippen LogP contribution in [0.25, 0.3) is 65.4 Å². The number of aromatic nitrogens is 12. The van der Waals surface area contributed by atoms with Crippen LogP contribution >= 0.6 is 0 Å². The van der Waals surface area contributed by atoms with Gasteiger partial charge >= 0.3 is 0 Å². The Hall–Kier alpha value is -10.2. The fraction of sp³-hybridized carbons (Fsp3) is 0.455. The van der Waals surface area contributed by atoms with Crippen molar-refractivity contribution in [3.8, 4) is 0 Å². The van der Waals surface area contributed by atoms with E-state index in [0.29, 0.717) is 86.2 Å². The number of nitrogens with one attached hydrogen (secondary N) is 4. The number of hydrogen-bond donors (Lipinski definition) is 4.